The summed E-state index contributed by atoms with van der Waals surface area (Å²) in [6, 6.07) is 13.0. The van der Waals surface area contributed by atoms with Crippen LogP contribution in [0.1, 0.15) is 40.1 Å². The third-order valence-corrected chi connectivity index (χ3v) is 4.78. The molecule has 5 nitrogen and oxygen atoms in total. The normalized spacial score (nSPS) is 11.9. The number of carbonyl (C=O) groups excluding carboxylic acids is 1. The molecule has 3 rings (SSSR count). The van der Waals surface area contributed by atoms with Gasteiger partial charge in [-0.25, -0.2) is 4.68 Å². The molecule has 1 unspecified atom stereocenters. The molecule has 1 amide bonds. The Morgan fingerprint density at radius 2 is 1.89 bits per heavy atom. The van der Waals surface area contributed by atoms with E-state index in [1.54, 1.807) is 30.1 Å². The van der Waals surface area contributed by atoms with Gasteiger partial charge < -0.3 is 10.1 Å². The first kappa shape index (κ1) is 19.0. The van der Waals surface area contributed by atoms with E-state index in [-0.39, 0.29) is 11.9 Å². The van der Waals surface area contributed by atoms with Crippen LogP contribution in [0.4, 0.5) is 0 Å². The average Bonchev–Trinajstić information content (AvgIpc) is 3.04. The van der Waals surface area contributed by atoms with E-state index in [4.69, 9.17) is 16.3 Å². The zero-order valence-electron chi connectivity index (χ0n) is 15.8. The lowest BCUT2D eigenvalue weighted by Crippen LogP contribution is -2.27. The van der Waals surface area contributed by atoms with Gasteiger partial charge in [0, 0.05) is 10.6 Å². The number of hydrogen-bond acceptors (Lipinski definition) is 3. The van der Waals surface area contributed by atoms with Gasteiger partial charge in [0.05, 0.1) is 36.3 Å². The number of amides is 1. The Kier molecular flexibility index (Phi) is 5.51. The summed E-state index contributed by atoms with van der Waals surface area (Å²) >= 11 is 5.94. The number of aryl methyl sites for hydroxylation is 1. The smallest absolute Gasteiger partial charge is 0.255 e. The fourth-order valence-corrected chi connectivity index (χ4v) is 3.15. The van der Waals surface area contributed by atoms with Crippen molar-refractivity contribution in [1.82, 2.24) is 15.1 Å². The molecule has 0 radical (unpaired) electrons. The molecule has 0 aliphatic heterocycles. The van der Waals surface area contributed by atoms with Crippen molar-refractivity contribution in [3.63, 3.8) is 0 Å². The summed E-state index contributed by atoms with van der Waals surface area (Å²) in [5.41, 5.74) is 4.19. The number of ether oxygens (including phenoxy) is 1. The first-order valence-corrected chi connectivity index (χ1v) is 9.04. The Hall–Kier alpha value is -2.79. The van der Waals surface area contributed by atoms with Crippen molar-refractivity contribution in [2.24, 2.45) is 0 Å². The second kappa shape index (κ2) is 7.84. The molecule has 0 spiro atoms. The maximum absolute atomic E-state index is 12.8. The predicted octanol–water partition coefficient (Wildman–Crippen LogP) is 4.64. The van der Waals surface area contributed by atoms with E-state index in [2.05, 4.69) is 10.4 Å². The quantitative estimate of drug-likeness (QED) is 0.698. The highest BCUT2D eigenvalue weighted by Gasteiger charge is 2.19. The van der Waals surface area contributed by atoms with Crippen LogP contribution in [0.25, 0.3) is 5.69 Å². The van der Waals surface area contributed by atoms with Gasteiger partial charge in [0.25, 0.3) is 5.91 Å². The Bertz CT molecular complexity index is 964. The number of hydrogen-bond donors (Lipinski definition) is 1. The lowest BCUT2D eigenvalue weighted by molar-refractivity contribution is 0.0939. The highest BCUT2D eigenvalue weighted by molar-refractivity contribution is 6.30. The molecule has 0 aliphatic rings. The summed E-state index contributed by atoms with van der Waals surface area (Å²) in [6.07, 6.45) is 1.58. The van der Waals surface area contributed by atoms with Gasteiger partial charge in [-0.15, -0.1) is 0 Å². The van der Waals surface area contributed by atoms with Gasteiger partial charge in [-0.3, -0.25) is 4.79 Å². The number of methoxy groups -OCH3 is 1. The highest BCUT2D eigenvalue weighted by Crippen LogP contribution is 2.26. The molecule has 27 heavy (non-hydrogen) atoms. The Morgan fingerprint density at radius 1 is 1.19 bits per heavy atom. The van der Waals surface area contributed by atoms with Gasteiger partial charge in [0.1, 0.15) is 5.75 Å². The fraction of sp³-hybridized carbons (Fsp3) is 0.238. The van der Waals surface area contributed by atoms with Crippen molar-refractivity contribution in [2.75, 3.05) is 7.11 Å². The summed E-state index contributed by atoms with van der Waals surface area (Å²) < 4.78 is 7.15. The van der Waals surface area contributed by atoms with Crippen molar-refractivity contribution >= 4 is 17.5 Å². The highest BCUT2D eigenvalue weighted by atomic mass is 35.5. The van der Waals surface area contributed by atoms with Crippen molar-refractivity contribution < 1.29 is 9.53 Å². The minimum atomic E-state index is -0.203. The maximum Gasteiger partial charge on any atom is 0.255 e. The first-order valence-electron chi connectivity index (χ1n) is 8.66. The van der Waals surface area contributed by atoms with E-state index in [0.29, 0.717) is 10.6 Å². The van der Waals surface area contributed by atoms with E-state index in [1.807, 2.05) is 51.1 Å². The maximum atomic E-state index is 12.8. The lowest BCUT2D eigenvalue weighted by atomic mass is 10.0. The van der Waals surface area contributed by atoms with Crippen LogP contribution in [-0.4, -0.2) is 22.8 Å². The van der Waals surface area contributed by atoms with Gasteiger partial charge in [-0.2, -0.15) is 5.10 Å². The summed E-state index contributed by atoms with van der Waals surface area (Å²) in [5, 5.41) is 8.04. The minimum Gasteiger partial charge on any atom is -0.496 e. The molecule has 3 aromatic rings. The number of carbonyl (C=O) groups is 1. The van der Waals surface area contributed by atoms with E-state index >= 15 is 0 Å². The summed E-state index contributed by atoms with van der Waals surface area (Å²) in [6.45, 7) is 5.82. The van der Waals surface area contributed by atoms with Gasteiger partial charge in [-0.1, -0.05) is 29.3 Å². The van der Waals surface area contributed by atoms with Crippen LogP contribution in [0.3, 0.4) is 0 Å². The molecule has 0 saturated heterocycles. The number of nitrogens with one attached hydrogen (secondary N) is 1. The Labute approximate surface area is 163 Å². The van der Waals surface area contributed by atoms with E-state index in [1.165, 1.54) is 0 Å². The Balaban J connectivity index is 1.83. The van der Waals surface area contributed by atoms with Crippen molar-refractivity contribution in [2.45, 2.75) is 26.8 Å². The molecule has 2 aromatic carbocycles. The molecule has 0 bridgehead atoms. The largest absolute Gasteiger partial charge is 0.496 e. The van der Waals surface area contributed by atoms with Crippen LogP contribution in [-0.2, 0) is 0 Å². The third kappa shape index (κ3) is 3.98. The van der Waals surface area contributed by atoms with Crippen molar-refractivity contribution in [3.8, 4) is 11.4 Å². The zero-order valence-corrected chi connectivity index (χ0v) is 16.5. The number of benzene rings is 2. The molecule has 0 saturated carbocycles. The topological polar surface area (TPSA) is 56.1 Å². The standard InChI is InChI=1S/C21H22ClN3O2/c1-13-5-10-20(27-4)18(11-13)14(2)24-21(26)19-12-23-25(15(19)3)17-8-6-16(22)7-9-17/h5-12,14H,1-4H3,(H,24,26). The third-order valence-electron chi connectivity index (χ3n) is 4.52. The van der Waals surface area contributed by atoms with Crippen LogP contribution in [0.2, 0.25) is 5.02 Å². The minimum absolute atomic E-state index is 0.177. The van der Waals surface area contributed by atoms with Crippen molar-refractivity contribution in [1.29, 1.82) is 0 Å². The monoisotopic (exact) mass is 383 g/mol. The fourth-order valence-electron chi connectivity index (χ4n) is 3.02. The van der Waals surface area contributed by atoms with Crippen LogP contribution >= 0.6 is 11.6 Å². The predicted molar refractivity (Wildman–Crippen MR) is 107 cm³/mol. The Morgan fingerprint density at radius 3 is 2.56 bits per heavy atom. The number of rotatable bonds is 5. The van der Waals surface area contributed by atoms with E-state index in [9.17, 15) is 4.79 Å². The molecule has 1 heterocycles. The van der Waals surface area contributed by atoms with Crippen LogP contribution in [0, 0.1) is 13.8 Å². The van der Waals surface area contributed by atoms with E-state index < -0.39 is 0 Å². The van der Waals surface area contributed by atoms with Crippen LogP contribution < -0.4 is 10.1 Å². The number of nitrogens with zero attached hydrogens (tertiary/aromatic N) is 2. The molecular formula is C21H22ClN3O2. The number of halogens is 1. The van der Waals surface area contributed by atoms with Crippen LogP contribution in [0.5, 0.6) is 5.75 Å². The summed E-state index contributed by atoms with van der Waals surface area (Å²) in [5.74, 6) is 0.575. The number of aromatic nitrogens is 2. The average molecular weight is 384 g/mol. The molecule has 6 heteroatoms. The molecule has 140 valence electrons. The molecule has 1 aromatic heterocycles. The zero-order chi connectivity index (χ0) is 19.6. The lowest BCUT2D eigenvalue weighted by Gasteiger charge is -2.18. The van der Waals surface area contributed by atoms with Crippen LogP contribution in [0.15, 0.2) is 48.7 Å². The first-order chi connectivity index (χ1) is 12.9. The van der Waals surface area contributed by atoms with E-state index in [0.717, 1.165) is 28.3 Å². The SMILES string of the molecule is COc1ccc(C)cc1C(C)NC(=O)c1cnn(-c2ccc(Cl)cc2)c1C. The van der Waals surface area contributed by atoms with Gasteiger partial charge >= 0.3 is 0 Å². The van der Waals surface area contributed by atoms with Gasteiger partial charge in [0.2, 0.25) is 0 Å². The molecule has 0 aliphatic carbocycles. The molecular weight excluding hydrogens is 362 g/mol. The second-order valence-electron chi connectivity index (χ2n) is 6.47. The van der Waals surface area contributed by atoms with Crippen molar-refractivity contribution in [3.05, 3.63) is 76.1 Å². The van der Waals surface area contributed by atoms with Gasteiger partial charge in [0.15, 0.2) is 0 Å². The molecule has 1 atom stereocenters. The van der Waals surface area contributed by atoms with Gasteiger partial charge in [-0.05, 0) is 51.1 Å². The summed E-state index contributed by atoms with van der Waals surface area (Å²) in [4.78, 5) is 12.8. The molecule has 0 fully saturated rings. The molecule has 1 N–H and O–H groups in total. The second-order valence-corrected chi connectivity index (χ2v) is 6.91. The summed E-state index contributed by atoms with van der Waals surface area (Å²) in [7, 11) is 1.63.